The van der Waals surface area contributed by atoms with Gasteiger partial charge in [0.15, 0.2) is 0 Å². The first kappa shape index (κ1) is 31.6. The van der Waals surface area contributed by atoms with E-state index in [2.05, 4.69) is 46.3 Å². The number of unbranched alkanes of at least 4 members (excludes halogenated alkanes) is 3. The van der Waals surface area contributed by atoms with Crippen molar-refractivity contribution in [2.24, 2.45) is 0 Å². The van der Waals surface area contributed by atoms with Gasteiger partial charge in [-0.05, 0) is 75.1 Å². The van der Waals surface area contributed by atoms with Crippen LogP contribution in [0.1, 0.15) is 36.8 Å². The van der Waals surface area contributed by atoms with E-state index in [4.69, 9.17) is 0 Å². The average Bonchev–Trinajstić information content (AvgIpc) is 2.70. The molecule has 172 valence electrons. The third kappa shape index (κ3) is 13.7. The number of aromatic hydroxyl groups is 1. The molecule has 0 heterocycles. The van der Waals surface area contributed by atoms with Gasteiger partial charge < -0.3 is 21.1 Å². The lowest BCUT2D eigenvalue weighted by molar-refractivity contribution is 0.477. The third-order valence-electron chi connectivity index (χ3n) is 4.81. The molecule has 2 aromatic carbocycles. The lowest BCUT2D eigenvalue weighted by Gasteiger charge is -2.08. The van der Waals surface area contributed by atoms with Gasteiger partial charge in [-0.3, -0.25) is 0 Å². The van der Waals surface area contributed by atoms with E-state index in [9.17, 15) is 5.11 Å². The summed E-state index contributed by atoms with van der Waals surface area (Å²) < 4.78 is 0. The molecule has 0 fully saturated rings. The molecule has 0 aromatic heterocycles. The molecule has 0 radical (unpaired) electrons. The van der Waals surface area contributed by atoms with Gasteiger partial charge in [-0.2, -0.15) is 0 Å². The van der Waals surface area contributed by atoms with Gasteiger partial charge in [0.05, 0.1) is 5.69 Å². The highest BCUT2D eigenvalue weighted by molar-refractivity contribution is 8.93. The fourth-order valence-corrected chi connectivity index (χ4v) is 3.15. The molecule has 0 aliphatic rings. The second-order valence-corrected chi connectivity index (χ2v) is 7.00. The first-order chi connectivity index (χ1) is 13.3. The van der Waals surface area contributed by atoms with Crippen molar-refractivity contribution in [2.75, 3.05) is 38.5 Å². The fraction of sp³-hybridized carbons (Fsp3) is 0.478. The number of nitrogens with one attached hydrogen (secondary N) is 3. The van der Waals surface area contributed by atoms with Crippen LogP contribution in [0, 0.1) is 0 Å². The number of benzene rings is 2. The normalized spacial score (nSPS) is 9.77. The predicted octanol–water partition coefficient (Wildman–Crippen LogP) is 5.69. The fourth-order valence-electron chi connectivity index (χ4n) is 3.15. The second-order valence-electron chi connectivity index (χ2n) is 7.00. The monoisotopic (exact) mass is 609 g/mol. The molecule has 0 atom stereocenters. The standard InChI is InChI=1S/C23H35N3O.3BrH/c1-24-22-19-21(11-12-23(22)27)14-18-26-16-8-3-2-7-15-25-17-13-20-9-5-4-6-10-20;;;/h4-6,9-12,19,24-27H,2-3,7-8,13-18H2,1H3;3*1H. The van der Waals surface area contributed by atoms with Crippen molar-refractivity contribution in [3.8, 4) is 5.75 Å². The number of hydrogen-bond acceptors (Lipinski definition) is 4. The number of hydrogen-bond donors (Lipinski definition) is 4. The summed E-state index contributed by atoms with van der Waals surface area (Å²) in [7, 11) is 1.83. The first-order valence-electron chi connectivity index (χ1n) is 10.2. The number of phenolic OH excluding ortho intramolecular Hbond substituents is 1. The van der Waals surface area contributed by atoms with E-state index in [1.54, 1.807) is 6.07 Å². The van der Waals surface area contributed by atoms with Gasteiger partial charge in [-0.1, -0.05) is 49.2 Å². The van der Waals surface area contributed by atoms with Gasteiger partial charge in [-0.15, -0.1) is 50.9 Å². The van der Waals surface area contributed by atoms with Crippen LogP contribution in [0.2, 0.25) is 0 Å². The molecule has 0 saturated heterocycles. The van der Waals surface area contributed by atoms with Crippen molar-refractivity contribution in [3.05, 3.63) is 59.7 Å². The maximum atomic E-state index is 9.66. The number of halogens is 3. The predicted molar refractivity (Wildman–Crippen MR) is 147 cm³/mol. The van der Waals surface area contributed by atoms with Gasteiger partial charge in [0.1, 0.15) is 5.75 Å². The number of rotatable bonds is 14. The van der Waals surface area contributed by atoms with E-state index in [0.29, 0.717) is 5.75 Å². The molecule has 2 aromatic rings. The summed E-state index contributed by atoms with van der Waals surface area (Å²) in [5.74, 6) is 0.309. The van der Waals surface area contributed by atoms with Crippen LogP contribution in [0.15, 0.2) is 48.5 Å². The number of phenols is 1. The van der Waals surface area contributed by atoms with E-state index >= 15 is 0 Å². The lowest BCUT2D eigenvalue weighted by Crippen LogP contribution is -2.19. The van der Waals surface area contributed by atoms with E-state index in [1.807, 2.05) is 19.2 Å². The van der Waals surface area contributed by atoms with Gasteiger partial charge in [0.25, 0.3) is 0 Å². The molecular formula is C23H38Br3N3O. The Hall–Kier alpha value is -0.600. The highest BCUT2D eigenvalue weighted by atomic mass is 79.9. The van der Waals surface area contributed by atoms with Gasteiger partial charge in [-0.25, -0.2) is 0 Å². The highest BCUT2D eigenvalue weighted by Gasteiger charge is 2.00. The van der Waals surface area contributed by atoms with Crippen LogP contribution in [-0.4, -0.2) is 38.3 Å². The quantitative estimate of drug-likeness (QED) is 0.164. The van der Waals surface area contributed by atoms with Crippen molar-refractivity contribution in [2.45, 2.75) is 38.5 Å². The maximum absolute atomic E-state index is 9.66. The van der Waals surface area contributed by atoms with E-state index in [0.717, 1.165) is 44.7 Å². The molecule has 2 rings (SSSR count). The van der Waals surface area contributed by atoms with E-state index in [1.165, 1.54) is 36.8 Å². The molecule has 0 unspecified atom stereocenters. The lowest BCUT2D eigenvalue weighted by atomic mass is 10.1. The van der Waals surface area contributed by atoms with Gasteiger partial charge in [0.2, 0.25) is 0 Å². The van der Waals surface area contributed by atoms with Gasteiger partial charge in [0, 0.05) is 7.05 Å². The molecule has 0 spiro atoms. The zero-order chi connectivity index (χ0) is 19.2. The number of anilines is 1. The van der Waals surface area contributed by atoms with Crippen molar-refractivity contribution in [1.29, 1.82) is 0 Å². The SMILES string of the molecule is Br.Br.Br.CNc1cc(CCNCCCCCCNCCc2ccccc2)ccc1O. The minimum absolute atomic E-state index is 0. The summed E-state index contributed by atoms with van der Waals surface area (Å²) >= 11 is 0. The van der Waals surface area contributed by atoms with Crippen LogP contribution in [0.25, 0.3) is 0 Å². The molecule has 4 N–H and O–H groups in total. The maximum Gasteiger partial charge on any atom is 0.138 e. The Morgan fingerprint density at radius 2 is 1.23 bits per heavy atom. The van der Waals surface area contributed by atoms with Crippen molar-refractivity contribution >= 4 is 56.6 Å². The first-order valence-corrected chi connectivity index (χ1v) is 10.2. The smallest absolute Gasteiger partial charge is 0.138 e. The Labute approximate surface area is 213 Å². The Bertz CT molecular complexity index is 645. The Morgan fingerprint density at radius 1 is 0.667 bits per heavy atom. The Kier molecular flexibility index (Phi) is 21.4. The van der Waals surface area contributed by atoms with Crippen molar-refractivity contribution in [1.82, 2.24) is 10.6 Å². The Balaban J connectivity index is 0. The summed E-state index contributed by atoms with van der Waals surface area (Å²) in [6.45, 7) is 4.25. The molecule has 0 aliphatic carbocycles. The highest BCUT2D eigenvalue weighted by Crippen LogP contribution is 2.23. The molecule has 4 nitrogen and oxygen atoms in total. The molecule has 30 heavy (non-hydrogen) atoms. The summed E-state index contributed by atoms with van der Waals surface area (Å²) in [6.07, 6.45) is 7.18. The summed E-state index contributed by atoms with van der Waals surface area (Å²) in [5.41, 5.74) is 3.45. The van der Waals surface area contributed by atoms with Crippen LogP contribution in [0.5, 0.6) is 5.75 Å². The third-order valence-corrected chi connectivity index (χ3v) is 4.81. The summed E-state index contributed by atoms with van der Waals surface area (Å²) in [5, 5.41) is 19.7. The van der Waals surface area contributed by atoms with E-state index in [-0.39, 0.29) is 50.9 Å². The largest absolute Gasteiger partial charge is 0.506 e. The summed E-state index contributed by atoms with van der Waals surface area (Å²) in [4.78, 5) is 0. The molecule has 0 aliphatic heterocycles. The zero-order valence-corrected chi connectivity index (χ0v) is 23.0. The topological polar surface area (TPSA) is 56.3 Å². The molecular weight excluding hydrogens is 574 g/mol. The minimum Gasteiger partial charge on any atom is -0.506 e. The van der Waals surface area contributed by atoms with Crippen LogP contribution < -0.4 is 16.0 Å². The zero-order valence-electron chi connectivity index (χ0n) is 17.9. The molecule has 0 saturated carbocycles. The Morgan fingerprint density at radius 3 is 1.80 bits per heavy atom. The van der Waals surface area contributed by atoms with Crippen LogP contribution >= 0.6 is 50.9 Å². The molecule has 0 amide bonds. The van der Waals surface area contributed by atoms with Crippen LogP contribution in [-0.2, 0) is 12.8 Å². The minimum atomic E-state index is 0. The second kappa shape index (κ2) is 20.3. The molecule has 7 heteroatoms. The van der Waals surface area contributed by atoms with Crippen molar-refractivity contribution < 1.29 is 5.11 Å². The van der Waals surface area contributed by atoms with Crippen LogP contribution in [0.4, 0.5) is 5.69 Å². The van der Waals surface area contributed by atoms with Crippen LogP contribution in [0.3, 0.4) is 0 Å². The van der Waals surface area contributed by atoms with Crippen molar-refractivity contribution in [3.63, 3.8) is 0 Å². The molecule has 0 bridgehead atoms. The summed E-state index contributed by atoms with van der Waals surface area (Å²) in [6, 6.07) is 16.4. The average molecular weight is 612 g/mol. The van der Waals surface area contributed by atoms with Gasteiger partial charge >= 0.3 is 0 Å². The van der Waals surface area contributed by atoms with E-state index < -0.39 is 0 Å².